The summed E-state index contributed by atoms with van der Waals surface area (Å²) >= 11 is 1.43. The summed E-state index contributed by atoms with van der Waals surface area (Å²) in [6, 6.07) is 14.7. The van der Waals surface area contributed by atoms with E-state index in [4.69, 9.17) is 9.47 Å². The smallest absolute Gasteiger partial charge is 0.275 e. The lowest BCUT2D eigenvalue weighted by atomic mass is 10.2. The van der Waals surface area contributed by atoms with E-state index in [1.807, 2.05) is 24.3 Å². The van der Waals surface area contributed by atoms with Gasteiger partial charge in [0.25, 0.3) is 5.91 Å². The Hall–Kier alpha value is -2.86. The van der Waals surface area contributed by atoms with Gasteiger partial charge in [-0.05, 0) is 48.5 Å². The van der Waals surface area contributed by atoms with Crippen molar-refractivity contribution in [2.24, 2.45) is 0 Å². The van der Waals surface area contributed by atoms with Crippen LogP contribution in [0.25, 0.3) is 10.6 Å². The number of rotatable bonds is 5. The van der Waals surface area contributed by atoms with Gasteiger partial charge in [0.15, 0.2) is 0 Å². The van der Waals surface area contributed by atoms with Gasteiger partial charge in [-0.2, -0.15) is 0 Å². The number of methoxy groups -OCH3 is 2. The molecule has 0 aliphatic heterocycles. The molecular formula is C18H16N2O3S. The quantitative estimate of drug-likeness (QED) is 0.760. The first-order valence-electron chi connectivity index (χ1n) is 7.25. The minimum atomic E-state index is -0.240. The molecule has 3 aromatic rings. The molecule has 0 radical (unpaired) electrons. The summed E-state index contributed by atoms with van der Waals surface area (Å²) in [6.07, 6.45) is 0. The number of carbonyl (C=O) groups is 1. The van der Waals surface area contributed by atoms with Gasteiger partial charge in [-0.1, -0.05) is 0 Å². The number of thiazole rings is 1. The van der Waals surface area contributed by atoms with Crippen LogP contribution in [0.4, 0.5) is 5.69 Å². The van der Waals surface area contributed by atoms with Crippen molar-refractivity contribution in [1.29, 1.82) is 0 Å². The van der Waals surface area contributed by atoms with Crippen LogP contribution in [0, 0.1) is 0 Å². The fraction of sp³-hybridized carbons (Fsp3) is 0.111. The van der Waals surface area contributed by atoms with Gasteiger partial charge >= 0.3 is 0 Å². The Balaban J connectivity index is 1.72. The molecule has 6 heteroatoms. The van der Waals surface area contributed by atoms with Crippen LogP contribution in [0.5, 0.6) is 11.5 Å². The van der Waals surface area contributed by atoms with Gasteiger partial charge in [0.1, 0.15) is 22.2 Å². The predicted octanol–water partition coefficient (Wildman–Crippen LogP) is 4.08. The molecule has 3 rings (SSSR count). The fourth-order valence-electron chi connectivity index (χ4n) is 2.11. The minimum Gasteiger partial charge on any atom is -0.497 e. The van der Waals surface area contributed by atoms with Gasteiger partial charge in [0, 0.05) is 16.6 Å². The number of anilines is 1. The van der Waals surface area contributed by atoms with Crippen LogP contribution >= 0.6 is 11.3 Å². The van der Waals surface area contributed by atoms with Gasteiger partial charge in [-0.25, -0.2) is 4.98 Å². The van der Waals surface area contributed by atoms with E-state index in [1.165, 1.54) is 11.3 Å². The summed E-state index contributed by atoms with van der Waals surface area (Å²) in [7, 11) is 3.23. The van der Waals surface area contributed by atoms with Crippen LogP contribution in [0.3, 0.4) is 0 Å². The first-order chi connectivity index (χ1) is 11.7. The molecule has 0 fully saturated rings. The molecule has 5 nitrogen and oxygen atoms in total. The summed E-state index contributed by atoms with van der Waals surface area (Å²) in [5, 5.41) is 5.36. The zero-order valence-corrected chi connectivity index (χ0v) is 14.1. The second-order valence-electron chi connectivity index (χ2n) is 4.95. The van der Waals surface area contributed by atoms with E-state index in [1.54, 1.807) is 43.9 Å². The maximum absolute atomic E-state index is 12.3. The number of aromatic nitrogens is 1. The van der Waals surface area contributed by atoms with Crippen molar-refractivity contribution < 1.29 is 14.3 Å². The standard InChI is InChI=1S/C18H16N2O3S/c1-22-14-7-3-12(4-8-14)18-20-16(11-24-18)17(21)19-13-5-9-15(23-2)10-6-13/h3-11H,1-2H3,(H,19,21). The van der Waals surface area contributed by atoms with E-state index in [9.17, 15) is 4.79 Å². The lowest BCUT2D eigenvalue weighted by Gasteiger charge is -2.04. The van der Waals surface area contributed by atoms with E-state index >= 15 is 0 Å². The molecule has 0 saturated heterocycles. The number of carbonyl (C=O) groups excluding carboxylic acids is 1. The Morgan fingerprint density at radius 1 is 0.958 bits per heavy atom. The average molecular weight is 340 g/mol. The number of benzene rings is 2. The molecule has 0 atom stereocenters. The Morgan fingerprint density at radius 3 is 2.12 bits per heavy atom. The van der Waals surface area contributed by atoms with Crippen LogP contribution in [0.15, 0.2) is 53.9 Å². The molecule has 1 amide bonds. The molecule has 0 aliphatic rings. The molecule has 0 aliphatic carbocycles. The zero-order valence-electron chi connectivity index (χ0n) is 13.3. The van der Waals surface area contributed by atoms with Crippen molar-refractivity contribution >= 4 is 22.9 Å². The van der Waals surface area contributed by atoms with E-state index in [-0.39, 0.29) is 5.91 Å². The molecule has 1 N–H and O–H groups in total. The highest BCUT2D eigenvalue weighted by molar-refractivity contribution is 7.13. The minimum absolute atomic E-state index is 0.240. The van der Waals surface area contributed by atoms with Crippen LogP contribution in [0.1, 0.15) is 10.5 Å². The maximum Gasteiger partial charge on any atom is 0.275 e. The van der Waals surface area contributed by atoms with Gasteiger partial charge < -0.3 is 14.8 Å². The predicted molar refractivity (Wildman–Crippen MR) is 95.0 cm³/mol. The fourth-order valence-corrected chi connectivity index (χ4v) is 2.92. The molecule has 122 valence electrons. The Labute approximate surface area is 143 Å². The normalized spacial score (nSPS) is 10.2. The van der Waals surface area contributed by atoms with E-state index in [2.05, 4.69) is 10.3 Å². The molecule has 0 spiro atoms. The summed E-state index contributed by atoms with van der Waals surface area (Å²) in [6.45, 7) is 0. The Kier molecular flexibility index (Phi) is 4.77. The largest absolute Gasteiger partial charge is 0.497 e. The van der Waals surface area contributed by atoms with Crippen molar-refractivity contribution in [3.05, 3.63) is 59.6 Å². The number of ether oxygens (including phenoxy) is 2. The highest BCUT2D eigenvalue weighted by Crippen LogP contribution is 2.26. The molecule has 1 aromatic heterocycles. The Morgan fingerprint density at radius 2 is 1.54 bits per heavy atom. The van der Waals surface area contributed by atoms with Crippen molar-refractivity contribution in [2.75, 3.05) is 19.5 Å². The number of nitrogens with zero attached hydrogens (tertiary/aromatic N) is 1. The van der Waals surface area contributed by atoms with Gasteiger partial charge in [-0.15, -0.1) is 11.3 Å². The van der Waals surface area contributed by atoms with Crippen LogP contribution in [0.2, 0.25) is 0 Å². The lowest BCUT2D eigenvalue weighted by molar-refractivity contribution is 0.102. The molecule has 0 bridgehead atoms. The summed E-state index contributed by atoms with van der Waals surface area (Å²) in [4.78, 5) is 16.7. The molecule has 1 heterocycles. The SMILES string of the molecule is COc1ccc(NC(=O)c2csc(-c3ccc(OC)cc3)n2)cc1. The van der Waals surface area contributed by atoms with Crippen molar-refractivity contribution in [1.82, 2.24) is 4.98 Å². The number of hydrogen-bond donors (Lipinski definition) is 1. The first kappa shape index (κ1) is 16.0. The molecule has 2 aromatic carbocycles. The molecule has 0 saturated carbocycles. The number of nitrogens with one attached hydrogen (secondary N) is 1. The van der Waals surface area contributed by atoms with Gasteiger partial charge in [-0.3, -0.25) is 4.79 Å². The third kappa shape index (κ3) is 3.55. The third-order valence-electron chi connectivity index (χ3n) is 3.42. The second kappa shape index (κ2) is 7.14. The van der Waals surface area contributed by atoms with Crippen LogP contribution in [-0.4, -0.2) is 25.1 Å². The summed E-state index contributed by atoms with van der Waals surface area (Å²) < 4.78 is 10.2. The molecular weight excluding hydrogens is 324 g/mol. The summed E-state index contributed by atoms with van der Waals surface area (Å²) in [5.74, 6) is 1.28. The van der Waals surface area contributed by atoms with Crippen LogP contribution < -0.4 is 14.8 Å². The zero-order chi connectivity index (χ0) is 16.9. The molecule has 0 unspecified atom stereocenters. The average Bonchev–Trinajstić information content (AvgIpc) is 3.13. The summed E-state index contributed by atoms with van der Waals surface area (Å²) in [5.41, 5.74) is 2.03. The highest BCUT2D eigenvalue weighted by Gasteiger charge is 2.12. The molecule has 24 heavy (non-hydrogen) atoms. The number of amides is 1. The lowest BCUT2D eigenvalue weighted by Crippen LogP contribution is -2.12. The van der Waals surface area contributed by atoms with Crippen molar-refractivity contribution in [2.45, 2.75) is 0 Å². The topological polar surface area (TPSA) is 60.5 Å². The van der Waals surface area contributed by atoms with Gasteiger partial charge in [0.2, 0.25) is 0 Å². The van der Waals surface area contributed by atoms with E-state index in [0.717, 1.165) is 22.1 Å². The first-order valence-corrected chi connectivity index (χ1v) is 8.13. The number of hydrogen-bond acceptors (Lipinski definition) is 5. The maximum atomic E-state index is 12.3. The highest BCUT2D eigenvalue weighted by atomic mass is 32.1. The van der Waals surface area contributed by atoms with Crippen molar-refractivity contribution in [3.8, 4) is 22.1 Å². The second-order valence-corrected chi connectivity index (χ2v) is 5.81. The van der Waals surface area contributed by atoms with Crippen LogP contribution in [-0.2, 0) is 0 Å². The van der Waals surface area contributed by atoms with Gasteiger partial charge in [0.05, 0.1) is 14.2 Å². The van der Waals surface area contributed by atoms with E-state index < -0.39 is 0 Å². The Bertz CT molecular complexity index is 826. The monoisotopic (exact) mass is 340 g/mol. The van der Waals surface area contributed by atoms with Crippen molar-refractivity contribution in [3.63, 3.8) is 0 Å². The van der Waals surface area contributed by atoms with E-state index in [0.29, 0.717) is 11.4 Å². The third-order valence-corrected chi connectivity index (χ3v) is 4.31.